The Morgan fingerprint density at radius 1 is 0.967 bits per heavy atom. The van der Waals surface area contributed by atoms with Gasteiger partial charge in [0, 0.05) is 29.1 Å². The first-order chi connectivity index (χ1) is 14.3. The summed E-state index contributed by atoms with van der Waals surface area (Å²) in [6.07, 6.45) is 1.41. The molecule has 3 aromatic rings. The fourth-order valence-electron chi connectivity index (χ4n) is 3.67. The topological polar surface area (TPSA) is 68.2 Å². The highest BCUT2D eigenvalue weighted by molar-refractivity contribution is 6.07. The zero-order chi connectivity index (χ0) is 21.4. The minimum absolute atomic E-state index is 0.154. The van der Waals surface area contributed by atoms with Gasteiger partial charge in [0.1, 0.15) is 17.2 Å². The van der Waals surface area contributed by atoms with Gasteiger partial charge in [-0.3, -0.25) is 19.0 Å². The van der Waals surface area contributed by atoms with E-state index in [4.69, 9.17) is 0 Å². The van der Waals surface area contributed by atoms with Crippen LogP contribution in [0.1, 0.15) is 44.8 Å². The number of amides is 1. The molecule has 7 heteroatoms. The van der Waals surface area contributed by atoms with Crippen molar-refractivity contribution in [2.75, 3.05) is 5.32 Å². The van der Waals surface area contributed by atoms with Crippen LogP contribution in [-0.4, -0.2) is 16.3 Å². The number of aromatic nitrogens is 1. The number of hydrogen-bond donors (Lipinski definition) is 1. The van der Waals surface area contributed by atoms with Crippen molar-refractivity contribution in [1.29, 1.82) is 0 Å². The number of anilines is 1. The fourth-order valence-corrected chi connectivity index (χ4v) is 3.67. The van der Waals surface area contributed by atoms with Crippen molar-refractivity contribution in [3.8, 4) is 5.69 Å². The highest BCUT2D eigenvalue weighted by atomic mass is 19.1. The van der Waals surface area contributed by atoms with E-state index >= 15 is 0 Å². The third-order valence-electron chi connectivity index (χ3n) is 5.19. The minimum atomic E-state index is -0.702. The molecule has 1 amide bonds. The van der Waals surface area contributed by atoms with E-state index in [1.807, 2.05) is 0 Å². The molecule has 4 rings (SSSR count). The average Bonchev–Trinajstić information content (AvgIpc) is 2.71. The zero-order valence-corrected chi connectivity index (χ0v) is 16.2. The van der Waals surface area contributed by atoms with Crippen molar-refractivity contribution in [1.82, 2.24) is 4.57 Å². The summed E-state index contributed by atoms with van der Waals surface area (Å²) < 4.78 is 28.0. The van der Waals surface area contributed by atoms with E-state index in [0.717, 1.165) is 0 Å². The normalized spacial score (nSPS) is 13.1. The Bertz CT molecular complexity index is 1230. The molecule has 5 nitrogen and oxygen atoms in total. The number of nitrogens with zero attached hydrogens (tertiary/aromatic N) is 1. The van der Waals surface area contributed by atoms with Crippen LogP contribution in [0, 0.1) is 18.6 Å². The smallest absolute Gasteiger partial charge is 0.268 e. The van der Waals surface area contributed by atoms with Crippen LogP contribution in [-0.2, 0) is 6.42 Å². The molecule has 1 aliphatic rings. The van der Waals surface area contributed by atoms with Gasteiger partial charge in [0.05, 0.1) is 0 Å². The summed E-state index contributed by atoms with van der Waals surface area (Å²) in [6.45, 7) is 1.63. The third kappa shape index (κ3) is 3.54. The Kier molecular flexibility index (Phi) is 5.03. The number of halogens is 2. The van der Waals surface area contributed by atoms with Crippen LogP contribution >= 0.6 is 0 Å². The summed E-state index contributed by atoms with van der Waals surface area (Å²) in [5, 5.41) is 2.61. The molecule has 2 aromatic carbocycles. The molecule has 1 heterocycles. The average molecular weight is 408 g/mol. The number of carbonyl (C=O) groups is 2. The number of nitrogens with one attached hydrogen (secondary N) is 1. The predicted octanol–water partition coefficient (Wildman–Crippen LogP) is 4.20. The van der Waals surface area contributed by atoms with Gasteiger partial charge in [-0.2, -0.15) is 0 Å². The van der Waals surface area contributed by atoms with Crippen molar-refractivity contribution in [2.45, 2.75) is 26.2 Å². The standard InChI is InChI=1S/C23H18F2N2O3/c1-13-11-15(25)7-10-19(13)26-22(29)18-12-17-20(3-2-4-21(17)28)27(23(18)30)16-8-5-14(24)6-9-16/h5-12H,2-4H2,1H3,(H,26,29). The second kappa shape index (κ2) is 7.67. The SMILES string of the molecule is Cc1cc(F)ccc1NC(=O)c1cc2c(n(-c3ccc(F)cc3)c1=O)CCCC2=O. The summed E-state index contributed by atoms with van der Waals surface area (Å²) in [7, 11) is 0. The van der Waals surface area contributed by atoms with E-state index in [2.05, 4.69) is 5.32 Å². The highest BCUT2D eigenvalue weighted by Gasteiger charge is 2.26. The highest BCUT2D eigenvalue weighted by Crippen LogP contribution is 2.24. The van der Waals surface area contributed by atoms with Crippen LogP contribution in [0.15, 0.2) is 53.3 Å². The molecule has 0 aliphatic heterocycles. The molecule has 0 saturated carbocycles. The molecule has 0 unspecified atom stereocenters. The lowest BCUT2D eigenvalue weighted by Gasteiger charge is -2.21. The van der Waals surface area contributed by atoms with E-state index in [-0.39, 0.29) is 11.3 Å². The molecule has 0 bridgehead atoms. The number of aryl methyl sites for hydroxylation is 1. The van der Waals surface area contributed by atoms with E-state index in [1.165, 1.54) is 53.1 Å². The summed E-state index contributed by atoms with van der Waals surface area (Å²) in [6, 6.07) is 10.5. The Labute approximate surface area is 171 Å². The third-order valence-corrected chi connectivity index (χ3v) is 5.19. The number of carbonyl (C=O) groups excluding carboxylic acids is 2. The number of ketones is 1. The van der Waals surface area contributed by atoms with Crippen molar-refractivity contribution < 1.29 is 18.4 Å². The first-order valence-corrected chi connectivity index (χ1v) is 9.51. The molecular weight excluding hydrogens is 390 g/mol. The van der Waals surface area contributed by atoms with Crippen molar-refractivity contribution in [2.24, 2.45) is 0 Å². The van der Waals surface area contributed by atoms with Gasteiger partial charge in [0.2, 0.25) is 0 Å². The van der Waals surface area contributed by atoms with Crippen LogP contribution in [0.5, 0.6) is 0 Å². The Morgan fingerprint density at radius 3 is 2.37 bits per heavy atom. The molecule has 1 N–H and O–H groups in total. The summed E-state index contributed by atoms with van der Waals surface area (Å²) in [5.41, 5.74) is 1.24. The van der Waals surface area contributed by atoms with Gasteiger partial charge in [0.15, 0.2) is 5.78 Å². The predicted molar refractivity (Wildman–Crippen MR) is 108 cm³/mol. The van der Waals surface area contributed by atoms with Crippen molar-refractivity contribution in [3.63, 3.8) is 0 Å². The van der Waals surface area contributed by atoms with E-state index in [0.29, 0.717) is 47.5 Å². The minimum Gasteiger partial charge on any atom is -0.322 e. The first-order valence-electron chi connectivity index (χ1n) is 9.51. The summed E-state index contributed by atoms with van der Waals surface area (Å²) in [4.78, 5) is 38.7. The van der Waals surface area contributed by atoms with E-state index in [1.54, 1.807) is 6.92 Å². The van der Waals surface area contributed by atoms with Crippen LogP contribution in [0.2, 0.25) is 0 Å². The fraction of sp³-hybridized carbons (Fsp3) is 0.174. The van der Waals surface area contributed by atoms with E-state index in [9.17, 15) is 23.2 Å². The maximum Gasteiger partial charge on any atom is 0.268 e. The Balaban J connectivity index is 1.86. The number of fused-ring (bicyclic) bond motifs is 1. The number of rotatable bonds is 3. The molecular formula is C23H18F2N2O3. The molecule has 0 atom stereocenters. The van der Waals surface area contributed by atoms with Crippen molar-refractivity contribution >= 4 is 17.4 Å². The Morgan fingerprint density at radius 2 is 1.67 bits per heavy atom. The summed E-state index contributed by atoms with van der Waals surface area (Å²) in [5.74, 6) is -1.76. The largest absolute Gasteiger partial charge is 0.322 e. The van der Waals surface area contributed by atoms with Crippen LogP contribution < -0.4 is 10.9 Å². The lowest BCUT2D eigenvalue weighted by molar-refractivity contribution is 0.0971. The van der Waals surface area contributed by atoms with Crippen LogP contribution in [0.3, 0.4) is 0 Å². The molecule has 0 radical (unpaired) electrons. The van der Waals surface area contributed by atoms with Gasteiger partial charge >= 0.3 is 0 Å². The second-order valence-electron chi connectivity index (χ2n) is 7.23. The number of benzene rings is 2. The van der Waals surface area contributed by atoms with E-state index < -0.39 is 23.1 Å². The molecule has 152 valence electrons. The maximum atomic E-state index is 13.4. The lowest BCUT2D eigenvalue weighted by atomic mass is 9.92. The van der Waals surface area contributed by atoms with Gasteiger partial charge in [0.25, 0.3) is 11.5 Å². The lowest BCUT2D eigenvalue weighted by Crippen LogP contribution is -2.33. The van der Waals surface area contributed by atoms with Crippen LogP contribution in [0.25, 0.3) is 5.69 Å². The monoisotopic (exact) mass is 408 g/mol. The van der Waals surface area contributed by atoms with Crippen LogP contribution in [0.4, 0.5) is 14.5 Å². The molecule has 0 fully saturated rings. The van der Waals surface area contributed by atoms with Gasteiger partial charge in [-0.15, -0.1) is 0 Å². The van der Waals surface area contributed by atoms with Crippen molar-refractivity contribution in [3.05, 3.63) is 92.9 Å². The molecule has 0 saturated heterocycles. The molecule has 30 heavy (non-hydrogen) atoms. The maximum absolute atomic E-state index is 13.4. The van der Waals surface area contributed by atoms with Gasteiger partial charge in [-0.25, -0.2) is 8.78 Å². The van der Waals surface area contributed by atoms with Gasteiger partial charge in [-0.1, -0.05) is 0 Å². The Hall–Kier alpha value is -3.61. The quantitative estimate of drug-likeness (QED) is 0.707. The molecule has 0 spiro atoms. The molecule has 1 aliphatic carbocycles. The second-order valence-corrected chi connectivity index (χ2v) is 7.23. The first kappa shape index (κ1) is 19.7. The van der Waals surface area contributed by atoms with Gasteiger partial charge in [-0.05, 0) is 73.9 Å². The van der Waals surface area contributed by atoms with Gasteiger partial charge < -0.3 is 5.32 Å². The summed E-state index contributed by atoms with van der Waals surface area (Å²) >= 11 is 0. The number of Topliss-reactive ketones (excluding diaryl/α,β-unsaturated/α-hetero) is 1. The molecule has 1 aromatic heterocycles. The number of pyridine rings is 1. The number of hydrogen-bond acceptors (Lipinski definition) is 3. The zero-order valence-electron chi connectivity index (χ0n) is 16.2.